The van der Waals surface area contributed by atoms with Gasteiger partial charge in [0.05, 0.1) is 6.04 Å². The molecule has 1 aromatic carbocycles. The van der Waals surface area contributed by atoms with Crippen LogP contribution in [-0.2, 0) is 4.79 Å². The van der Waals surface area contributed by atoms with Crippen molar-refractivity contribution in [1.82, 2.24) is 15.0 Å². The number of benzene rings is 1. The lowest BCUT2D eigenvalue weighted by molar-refractivity contribution is -0.138. The zero-order valence-corrected chi connectivity index (χ0v) is 15.1. The fraction of sp³-hybridized carbons (Fsp3) is 0.368. The minimum Gasteiger partial charge on any atom is -0.341 e. The number of halogens is 1. The zero-order valence-electron chi connectivity index (χ0n) is 14.3. The third kappa shape index (κ3) is 3.42. The standard InChI is InChI=1S/C19H20ClN5O/c20-17-7-10-21-19(23-17)24-12-8-15(9-13-24)18(26)25-16(6-11-22-25)14-4-2-1-3-5-14/h1-5,7,10-11,15-16H,6,8-9,12-13H2. The number of aromatic nitrogens is 2. The predicted octanol–water partition coefficient (Wildman–Crippen LogP) is 3.31. The Morgan fingerprint density at radius 3 is 2.62 bits per heavy atom. The number of rotatable bonds is 3. The summed E-state index contributed by atoms with van der Waals surface area (Å²) in [5.41, 5.74) is 1.13. The van der Waals surface area contributed by atoms with Crippen LogP contribution in [0.4, 0.5) is 5.95 Å². The Bertz CT molecular complexity index is 805. The average Bonchev–Trinajstić information content (AvgIpc) is 3.18. The molecule has 7 heteroatoms. The second-order valence-electron chi connectivity index (χ2n) is 6.58. The molecule has 0 aliphatic carbocycles. The molecule has 2 aliphatic heterocycles. The van der Waals surface area contributed by atoms with E-state index in [4.69, 9.17) is 11.6 Å². The van der Waals surface area contributed by atoms with Gasteiger partial charge in [0.15, 0.2) is 0 Å². The number of anilines is 1. The SMILES string of the molecule is O=C(C1CCN(c2nccc(Cl)n2)CC1)N1N=CCC1c1ccccc1. The quantitative estimate of drug-likeness (QED) is 0.779. The number of carbonyl (C=O) groups is 1. The van der Waals surface area contributed by atoms with Crippen molar-refractivity contribution in [3.8, 4) is 0 Å². The summed E-state index contributed by atoms with van der Waals surface area (Å²) in [5, 5.41) is 6.47. The highest BCUT2D eigenvalue weighted by atomic mass is 35.5. The van der Waals surface area contributed by atoms with Crippen LogP contribution in [-0.4, -0.2) is 40.2 Å². The summed E-state index contributed by atoms with van der Waals surface area (Å²) >= 11 is 5.95. The molecule has 1 saturated heterocycles. The van der Waals surface area contributed by atoms with Gasteiger partial charge >= 0.3 is 0 Å². The molecule has 1 atom stereocenters. The Morgan fingerprint density at radius 1 is 1.12 bits per heavy atom. The minimum atomic E-state index is -0.0214. The lowest BCUT2D eigenvalue weighted by Gasteiger charge is -2.33. The molecule has 6 nitrogen and oxygen atoms in total. The molecule has 134 valence electrons. The van der Waals surface area contributed by atoms with Crippen molar-refractivity contribution in [2.24, 2.45) is 11.0 Å². The van der Waals surface area contributed by atoms with Crippen LogP contribution < -0.4 is 4.90 Å². The van der Waals surface area contributed by atoms with E-state index >= 15 is 0 Å². The molecule has 1 unspecified atom stereocenters. The van der Waals surface area contributed by atoms with Crippen molar-refractivity contribution in [3.63, 3.8) is 0 Å². The van der Waals surface area contributed by atoms with Crippen molar-refractivity contribution in [2.45, 2.75) is 25.3 Å². The molecule has 0 bridgehead atoms. The number of amides is 1. The van der Waals surface area contributed by atoms with E-state index in [1.54, 1.807) is 17.3 Å². The van der Waals surface area contributed by atoms with E-state index in [-0.39, 0.29) is 17.9 Å². The van der Waals surface area contributed by atoms with Gasteiger partial charge in [0.25, 0.3) is 0 Å². The van der Waals surface area contributed by atoms with Gasteiger partial charge < -0.3 is 4.90 Å². The number of piperidine rings is 1. The number of hydrogen-bond donors (Lipinski definition) is 0. The average molecular weight is 370 g/mol. The molecule has 4 rings (SSSR count). The van der Waals surface area contributed by atoms with Gasteiger partial charge in [-0.2, -0.15) is 5.10 Å². The number of nitrogens with zero attached hydrogens (tertiary/aromatic N) is 5. The van der Waals surface area contributed by atoms with Crippen LogP contribution in [0.3, 0.4) is 0 Å². The van der Waals surface area contributed by atoms with E-state index in [1.807, 2.05) is 24.4 Å². The molecular formula is C19H20ClN5O. The highest BCUT2D eigenvalue weighted by Crippen LogP contribution is 2.32. The molecule has 0 N–H and O–H groups in total. The van der Waals surface area contributed by atoms with Gasteiger partial charge in [0.1, 0.15) is 5.15 Å². The molecular weight excluding hydrogens is 350 g/mol. The van der Waals surface area contributed by atoms with Crippen molar-refractivity contribution in [3.05, 3.63) is 53.3 Å². The summed E-state index contributed by atoms with van der Waals surface area (Å²) in [7, 11) is 0. The Labute approximate surface area is 157 Å². The maximum absolute atomic E-state index is 13.0. The first-order chi connectivity index (χ1) is 12.7. The zero-order chi connectivity index (χ0) is 17.9. The van der Waals surface area contributed by atoms with Crippen molar-refractivity contribution < 1.29 is 4.79 Å². The lowest BCUT2D eigenvalue weighted by atomic mass is 9.94. The molecule has 1 aromatic heterocycles. The third-order valence-electron chi connectivity index (χ3n) is 4.98. The summed E-state index contributed by atoms with van der Waals surface area (Å²) in [5.74, 6) is 0.718. The molecule has 0 spiro atoms. The van der Waals surface area contributed by atoms with Crippen LogP contribution in [0.15, 0.2) is 47.7 Å². The van der Waals surface area contributed by atoms with E-state index in [0.29, 0.717) is 11.1 Å². The number of carbonyl (C=O) groups excluding carboxylic acids is 1. The maximum atomic E-state index is 13.0. The first-order valence-corrected chi connectivity index (χ1v) is 9.24. The Hall–Kier alpha value is -2.47. The van der Waals surface area contributed by atoms with Crippen LogP contribution in [0.25, 0.3) is 0 Å². The maximum Gasteiger partial charge on any atom is 0.246 e. The second-order valence-corrected chi connectivity index (χ2v) is 6.97. The van der Waals surface area contributed by atoms with E-state index in [0.717, 1.165) is 37.9 Å². The van der Waals surface area contributed by atoms with E-state index < -0.39 is 0 Å². The molecule has 0 radical (unpaired) electrons. The van der Waals surface area contributed by atoms with Crippen molar-refractivity contribution in [1.29, 1.82) is 0 Å². The third-order valence-corrected chi connectivity index (χ3v) is 5.19. The topological polar surface area (TPSA) is 61.7 Å². The Balaban J connectivity index is 1.41. The molecule has 26 heavy (non-hydrogen) atoms. The van der Waals surface area contributed by atoms with Crippen LogP contribution in [0.1, 0.15) is 30.9 Å². The van der Waals surface area contributed by atoms with E-state index in [1.165, 1.54) is 0 Å². The lowest BCUT2D eigenvalue weighted by Crippen LogP contribution is -2.41. The largest absolute Gasteiger partial charge is 0.341 e. The van der Waals surface area contributed by atoms with Gasteiger partial charge in [0, 0.05) is 37.8 Å². The predicted molar refractivity (Wildman–Crippen MR) is 101 cm³/mol. The minimum absolute atomic E-state index is 0.0120. The fourth-order valence-electron chi connectivity index (χ4n) is 3.57. The number of hydrogen-bond acceptors (Lipinski definition) is 5. The summed E-state index contributed by atoms with van der Waals surface area (Å²) in [4.78, 5) is 23.6. The smallest absolute Gasteiger partial charge is 0.246 e. The second kappa shape index (κ2) is 7.41. The van der Waals surface area contributed by atoms with Gasteiger partial charge in [0.2, 0.25) is 11.9 Å². The molecule has 3 heterocycles. The van der Waals surface area contributed by atoms with Crippen LogP contribution in [0.2, 0.25) is 5.15 Å². The summed E-state index contributed by atoms with van der Waals surface area (Å²) in [6, 6.07) is 11.8. The highest BCUT2D eigenvalue weighted by Gasteiger charge is 2.35. The molecule has 1 amide bonds. The molecule has 2 aromatic rings. The normalized spacial score (nSPS) is 20.6. The van der Waals surface area contributed by atoms with Crippen LogP contribution in [0.5, 0.6) is 0 Å². The number of hydrazone groups is 1. The molecule has 2 aliphatic rings. The molecule has 0 saturated carbocycles. The summed E-state index contributed by atoms with van der Waals surface area (Å²) in [6.07, 6.45) is 5.80. The van der Waals surface area contributed by atoms with Gasteiger partial charge in [-0.3, -0.25) is 4.79 Å². The Morgan fingerprint density at radius 2 is 1.88 bits per heavy atom. The van der Waals surface area contributed by atoms with Crippen molar-refractivity contribution >= 4 is 29.7 Å². The fourth-order valence-corrected chi connectivity index (χ4v) is 3.70. The van der Waals surface area contributed by atoms with Gasteiger partial charge in [-0.25, -0.2) is 15.0 Å². The van der Waals surface area contributed by atoms with Crippen LogP contribution in [0, 0.1) is 5.92 Å². The van der Waals surface area contributed by atoms with Gasteiger partial charge in [-0.15, -0.1) is 0 Å². The monoisotopic (exact) mass is 369 g/mol. The van der Waals surface area contributed by atoms with Gasteiger partial charge in [-0.1, -0.05) is 41.9 Å². The van der Waals surface area contributed by atoms with E-state index in [9.17, 15) is 4.79 Å². The van der Waals surface area contributed by atoms with E-state index in [2.05, 4.69) is 32.1 Å². The highest BCUT2D eigenvalue weighted by molar-refractivity contribution is 6.29. The van der Waals surface area contributed by atoms with Gasteiger partial charge in [-0.05, 0) is 24.5 Å². The first kappa shape index (κ1) is 17.0. The van der Waals surface area contributed by atoms with Crippen molar-refractivity contribution in [2.75, 3.05) is 18.0 Å². The molecule has 1 fully saturated rings. The first-order valence-electron chi connectivity index (χ1n) is 8.86. The summed E-state index contributed by atoms with van der Waals surface area (Å²) in [6.45, 7) is 1.48. The van der Waals surface area contributed by atoms with Crippen LogP contribution >= 0.6 is 11.6 Å². The Kier molecular flexibility index (Phi) is 4.84. The summed E-state index contributed by atoms with van der Waals surface area (Å²) < 4.78 is 0.